The first-order valence-corrected chi connectivity index (χ1v) is 16.8. The van der Waals surface area contributed by atoms with Crippen LogP contribution in [0.25, 0.3) is 0 Å². The topological polar surface area (TPSA) is 96.4 Å². The third-order valence-corrected chi connectivity index (χ3v) is 9.85. The summed E-state index contributed by atoms with van der Waals surface area (Å²) in [5, 5.41) is 20.9. The lowest BCUT2D eigenvalue weighted by molar-refractivity contribution is -0.150. The molecule has 6 heteroatoms. The molecule has 47 heavy (non-hydrogen) atoms. The number of fused-ring (bicyclic) bond motifs is 1. The first kappa shape index (κ1) is 38.2. The molecule has 0 aromatic rings. The molecule has 3 aliphatic rings. The summed E-state index contributed by atoms with van der Waals surface area (Å²) < 4.78 is 11.5. The van der Waals surface area contributed by atoms with Crippen LogP contribution in [0.2, 0.25) is 0 Å². The number of aliphatic hydroxyl groups is 2. The minimum atomic E-state index is -0.691. The highest BCUT2D eigenvalue weighted by molar-refractivity contribution is 5.96. The van der Waals surface area contributed by atoms with Crippen molar-refractivity contribution < 1.29 is 29.3 Å². The smallest absolute Gasteiger partial charge is 0.302 e. The second-order valence-corrected chi connectivity index (χ2v) is 15.2. The van der Waals surface area contributed by atoms with E-state index in [-0.39, 0.29) is 34.8 Å². The normalized spacial score (nSPS) is 31.2. The van der Waals surface area contributed by atoms with Crippen LogP contribution in [-0.4, -0.2) is 51.5 Å². The van der Waals surface area contributed by atoms with Crippen LogP contribution < -0.4 is 0 Å². The molecule has 0 aromatic carbocycles. The molecule has 5 atom stereocenters. The summed E-state index contributed by atoms with van der Waals surface area (Å²) in [6.07, 6.45) is 23.0. The average molecular weight is 645 g/mol. The largest absolute Gasteiger partial charge is 0.462 e. The van der Waals surface area contributed by atoms with Crippen molar-refractivity contribution in [1.82, 2.24) is 0 Å². The molecular formula is C41H56O6. The Kier molecular flexibility index (Phi) is 12.4. The van der Waals surface area contributed by atoms with Gasteiger partial charge >= 0.3 is 5.97 Å². The number of rotatable bonds is 11. The van der Waals surface area contributed by atoms with E-state index in [0.717, 1.165) is 22.3 Å². The second kappa shape index (κ2) is 15.3. The number of carbonyl (C=O) groups is 2. The van der Waals surface area contributed by atoms with E-state index in [1.54, 1.807) is 0 Å². The molecule has 0 aromatic heterocycles. The predicted octanol–water partition coefficient (Wildman–Crippen LogP) is 8.30. The van der Waals surface area contributed by atoms with Gasteiger partial charge in [0.05, 0.1) is 17.8 Å². The third-order valence-electron chi connectivity index (χ3n) is 9.85. The van der Waals surface area contributed by atoms with Gasteiger partial charge in [-0.3, -0.25) is 9.59 Å². The molecule has 2 saturated carbocycles. The molecule has 0 bridgehead atoms. The van der Waals surface area contributed by atoms with E-state index >= 15 is 0 Å². The lowest BCUT2D eigenvalue weighted by atomic mass is 9.61. The highest BCUT2D eigenvalue weighted by atomic mass is 16.6. The van der Waals surface area contributed by atoms with Gasteiger partial charge in [0.25, 0.3) is 0 Å². The molecule has 2 aliphatic carbocycles. The van der Waals surface area contributed by atoms with E-state index in [0.29, 0.717) is 37.7 Å². The molecule has 256 valence electrons. The Morgan fingerprint density at radius 1 is 0.830 bits per heavy atom. The van der Waals surface area contributed by atoms with Gasteiger partial charge < -0.3 is 19.7 Å². The summed E-state index contributed by atoms with van der Waals surface area (Å²) >= 11 is 0. The Labute approximate surface area is 282 Å². The number of aliphatic hydroxyl groups excluding tert-OH is 2. The Balaban J connectivity index is 1.51. The maximum atomic E-state index is 13.1. The van der Waals surface area contributed by atoms with Crippen molar-refractivity contribution in [3.05, 3.63) is 100 Å². The van der Waals surface area contributed by atoms with E-state index in [4.69, 9.17) is 9.47 Å². The predicted molar refractivity (Wildman–Crippen MR) is 189 cm³/mol. The number of ketones is 1. The van der Waals surface area contributed by atoms with Gasteiger partial charge in [0.15, 0.2) is 5.78 Å². The summed E-state index contributed by atoms with van der Waals surface area (Å²) in [7, 11) is 0. The number of hydrogen-bond acceptors (Lipinski definition) is 6. The van der Waals surface area contributed by atoms with E-state index in [9.17, 15) is 19.8 Å². The molecule has 3 rings (SSSR count). The van der Waals surface area contributed by atoms with Crippen molar-refractivity contribution in [2.45, 2.75) is 131 Å². The molecule has 1 aliphatic heterocycles. The Morgan fingerprint density at radius 2 is 1.40 bits per heavy atom. The fourth-order valence-corrected chi connectivity index (χ4v) is 7.27. The van der Waals surface area contributed by atoms with Crippen molar-refractivity contribution in [3.8, 4) is 0 Å². The summed E-state index contributed by atoms with van der Waals surface area (Å²) in [4.78, 5) is 24.4. The van der Waals surface area contributed by atoms with Gasteiger partial charge in [-0.2, -0.15) is 0 Å². The van der Waals surface area contributed by atoms with E-state index in [1.807, 2.05) is 115 Å². The quantitative estimate of drug-likeness (QED) is 0.0772. The van der Waals surface area contributed by atoms with Gasteiger partial charge in [0, 0.05) is 31.8 Å². The molecule has 5 unspecified atom stereocenters. The van der Waals surface area contributed by atoms with Crippen LogP contribution in [0.5, 0.6) is 0 Å². The van der Waals surface area contributed by atoms with Gasteiger partial charge in [-0.05, 0) is 75.5 Å². The van der Waals surface area contributed by atoms with Crippen molar-refractivity contribution in [2.24, 2.45) is 10.8 Å². The van der Waals surface area contributed by atoms with Gasteiger partial charge in [-0.15, -0.1) is 5.73 Å². The highest BCUT2D eigenvalue weighted by Crippen LogP contribution is 2.67. The van der Waals surface area contributed by atoms with Gasteiger partial charge in [0.1, 0.15) is 11.7 Å². The van der Waals surface area contributed by atoms with Crippen molar-refractivity contribution >= 4 is 11.8 Å². The Bertz CT molecular complexity index is 1480. The molecule has 3 fully saturated rings. The lowest BCUT2D eigenvalue weighted by Gasteiger charge is -2.40. The van der Waals surface area contributed by atoms with Gasteiger partial charge in [0.2, 0.25) is 0 Å². The van der Waals surface area contributed by atoms with Crippen LogP contribution in [0.3, 0.4) is 0 Å². The molecule has 2 N–H and O–H groups in total. The molecule has 1 heterocycles. The number of hydrogen-bond donors (Lipinski definition) is 2. The van der Waals surface area contributed by atoms with E-state index in [2.05, 4.69) is 19.6 Å². The summed E-state index contributed by atoms with van der Waals surface area (Å²) in [5.74, 6) is -0.238. The van der Waals surface area contributed by atoms with Gasteiger partial charge in [-0.25, -0.2) is 0 Å². The number of carbonyl (C=O) groups excluding carboxylic acids is 2. The maximum absolute atomic E-state index is 13.1. The zero-order valence-corrected chi connectivity index (χ0v) is 30.1. The third kappa shape index (κ3) is 9.87. The van der Waals surface area contributed by atoms with Crippen molar-refractivity contribution in [2.75, 3.05) is 0 Å². The van der Waals surface area contributed by atoms with Crippen molar-refractivity contribution in [1.29, 1.82) is 0 Å². The summed E-state index contributed by atoms with van der Waals surface area (Å²) in [6.45, 7) is 19.6. The first-order valence-electron chi connectivity index (χ1n) is 16.8. The SMILES string of the molecule is CC(=O)OC1CC(O)C(=C=CC(C)=CC=CC(C)=CC=CC=C(C)C=CC=C(C)C(=O)CC23OC2(C)CC(O)CC3(C)C)C(C)(C)C1. The Hall–Kier alpha value is -3.28. The molecule has 6 nitrogen and oxygen atoms in total. The van der Waals surface area contributed by atoms with E-state index in [1.165, 1.54) is 6.92 Å². The number of ether oxygens (including phenoxy) is 2. The Morgan fingerprint density at radius 3 is 1.96 bits per heavy atom. The number of allylic oxidation sites excluding steroid dienone is 14. The van der Waals surface area contributed by atoms with Crippen LogP contribution in [0, 0.1) is 10.8 Å². The van der Waals surface area contributed by atoms with Crippen LogP contribution >= 0.6 is 0 Å². The first-order chi connectivity index (χ1) is 21.8. The zero-order valence-electron chi connectivity index (χ0n) is 30.1. The van der Waals surface area contributed by atoms with Crippen LogP contribution in [0.1, 0.15) is 101 Å². The summed E-state index contributed by atoms with van der Waals surface area (Å²) in [5.41, 5.74) is 6.49. The van der Waals surface area contributed by atoms with Crippen molar-refractivity contribution in [3.63, 3.8) is 0 Å². The zero-order chi connectivity index (χ0) is 35.2. The molecule has 0 radical (unpaired) electrons. The van der Waals surface area contributed by atoms with Gasteiger partial charge in [-0.1, -0.05) is 99.6 Å². The average Bonchev–Trinajstić information content (AvgIpc) is 3.54. The minimum absolute atomic E-state index is 0.0822. The van der Waals surface area contributed by atoms with Crippen LogP contribution in [-0.2, 0) is 19.1 Å². The number of esters is 1. The minimum Gasteiger partial charge on any atom is -0.462 e. The number of epoxide rings is 1. The molecule has 0 amide bonds. The highest BCUT2D eigenvalue weighted by Gasteiger charge is 2.76. The van der Waals surface area contributed by atoms with Crippen LogP contribution in [0.4, 0.5) is 0 Å². The maximum Gasteiger partial charge on any atom is 0.302 e. The van der Waals surface area contributed by atoms with E-state index < -0.39 is 17.3 Å². The number of Topliss-reactive ketones (excluding diaryl/α,β-unsaturated/α-hetero) is 1. The molecule has 0 spiro atoms. The fourth-order valence-electron chi connectivity index (χ4n) is 7.27. The summed E-state index contributed by atoms with van der Waals surface area (Å²) in [6, 6.07) is 0. The lowest BCUT2D eigenvalue weighted by Crippen LogP contribution is -2.48. The molecular weight excluding hydrogens is 588 g/mol. The van der Waals surface area contributed by atoms with Crippen LogP contribution in [0.15, 0.2) is 100 Å². The standard InChI is InChI=1S/C41H56O6/c1-28(17-13-18-30(3)21-22-35-36(44)23-34(46-32(5)42)26-38(35,6)7)15-11-12-16-29(2)19-14-20-31(4)37(45)27-41-39(8,9)24-33(43)25-40(41,10)47-41/h11-21,33-34,36,43-44H,23-27H2,1-10H3. The fraction of sp³-hybridized carbons (Fsp3) is 0.537. The monoisotopic (exact) mass is 644 g/mol. The molecule has 1 saturated heterocycles. The second-order valence-electron chi connectivity index (χ2n) is 15.2.